The van der Waals surface area contributed by atoms with Crippen LogP contribution in [-0.4, -0.2) is 39.1 Å². The highest BCUT2D eigenvalue weighted by atomic mass is 79.9. The van der Waals surface area contributed by atoms with Crippen LogP contribution in [0.1, 0.15) is 29.7 Å². The lowest BCUT2D eigenvalue weighted by Gasteiger charge is -2.19. The van der Waals surface area contributed by atoms with E-state index in [1.807, 2.05) is 25.1 Å². The molecule has 0 aliphatic carbocycles. The molecule has 2 aromatic rings. The summed E-state index contributed by atoms with van der Waals surface area (Å²) in [6.07, 6.45) is 3.49. The molecule has 1 aromatic carbocycles. The van der Waals surface area contributed by atoms with Gasteiger partial charge in [0, 0.05) is 28.5 Å². The first kappa shape index (κ1) is 22.2. The van der Waals surface area contributed by atoms with Gasteiger partial charge in [-0.15, -0.1) is 0 Å². The third-order valence-corrected chi connectivity index (χ3v) is 5.64. The minimum absolute atomic E-state index is 0.0331. The third-order valence-electron chi connectivity index (χ3n) is 4.20. The van der Waals surface area contributed by atoms with Gasteiger partial charge in [0.05, 0.1) is 32.0 Å². The molecule has 0 aliphatic heterocycles. The van der Waals surface area contributed by atoms with Crippen LogP contribution in [0, 0.1) is 11.3 Å². The molecule has 0 aliphatic rings. The molecular weight excluding hydrogens is 444 g/mol. The molecule has 2 rings (SSSR count). The van der Waals surface area contributed by atoms with Gasteiger partial charge >= 0.3 is 0 Å². The summed E-state index contributed by atoms with van der Waals surface area (Å²) in [4.78, 5) is 4.44. The van der Waals surface area contributed by atoms with Gasteiger partial charge < -0.3 is 9.47 Å². The first-order valence-corrected chi connectivity index (χ1v) is 11.6. The lowest BCUT2D eigenvalue weighted by molar-refractivity contribution is 0.310. The van der Waals surface area contributed by atoms with E-state index in [1.165, 1.54) is 6.26 Å². The highest BCUT2D eigenvalue weighted by molar-refractivity contribution is 9.10. The van der Waals surface area contributed by atoms with Crippen molar-refractivity contribution in [2.45, 2.75) is 25.7 Å². The molecule has 0 amide bonds. The Morgan fingerprint density at radius 3 is 2.64 bits per heavy atom. The second kappa shape index (κ2) is 9.89. The predicted octanol–water partition coefficient (Wildman–Crippen LogP) is 3.69. The molecule has 0 radical (unpaired) electrons. The number of nitriles is 1. The maximum Gasteiger partial charge on any atom is 0.161 e. The number of rotatable bonds is 9. The van der Waals surface area contributed by atoms with Crippen molar-refractivity contribution in [1.82, 2.24) is 4.98 Å². The average molecular weight is 467 g/mol. The Morgan fingerprint density at radius 2 is 2.04 bits per heavy atom. The van der Waals surface area contributed by atoms with Gasteiger partial charge in [0.15, 0.2) is 11.5 Å². The molecule has 150 valence electrons. The van der Waals surface area contributed by atoms with Gasteiger partial charge in [-0.1, -0.05) is 6.07 Å². The fourth-order valence-electron chi connectivity index (χ4n) is 3.02. The molecule has 0 N–H and O–H groups in total. The van der Waals surface area contributed by atoms with Crippen LogP contribution in [-0.2, 0) is 22.7 Å². The number of halogens is 1. The van der Waals surface area contributed by atoms with Crippen LogP contribution in [0.3, 0.4) is 0 Å². The number of methoxy groups -OCH3 is 1. The summed E-state index contributed by atoms with van der Waals surface area (Å²) in [6, 6.07) is 9.43. The van der Waals surface area contributed by atoms with Crippen LogP contribution in [0.4, 0.5) is 0 Å². The van der Waals surface area contributed by atoms with Gasteiger partial charge in [0.1, 0.15) is 9.84 Å². The highest BCUT2D eigenvalue weighted by Crippen LogP contribution is 2.33. The molecule has 1 atom stereocenters. The van der Waals surface area contributed by atoms with Gasteiger partial charge in [-0.05, 0) is 58.6 Å². The van der Waals surface area contributed by atoms with Gasteiger partial charge in [0.25, 0.3) is 0 Å². The second-order valence-electron chi connectivity index (χ2n) is 6.43. The first-order chi connectivity index (χ1) is 13.3. The summed E-state index contributed by atoms with van der Waals surface area (Å²) < 4.78 is 35.9. The molecule has 8 heteroatoms. The number of aromatic nitrogens is 1. The molecular formula is C20H23BrN2O4S. The summed E-state index contributed by atoms with van der Waals surface area (Å²) in [5, 5.41) is 9.11. The quantitative estimate of drug-likeness (QED) is 0.559. The Labute approximate surface area is 174 Å². The standard InChI is InChI=1S/C20H23BrN2O4S/c1-4-27-20-11-14(5-6-19(20)26-2)16(13-28(3,24)25)10-18-15(7-8-22)9-17(21)12-23-18/h5-6,9,11-12,16H,4,7,10,13H2,1-3H3. The van der Waals surface area contributed by atoms with Crippen molar-refractivity contribution < 1.29 is 17.9 Å². The topological polar surface area (TPSA) is 89.3 Å². The third kappa shape index (κ3) is 6.21. The van der Waals surface area contributed by atoms with Crippen LogP contribution < -0.4 is 9.47 Å². The van der Waals surface area contributed by atoms with Crippen LogP contribution in [0.2, 0.25) is 0 Å². The number of benzene rings is 1. The monoisotopic (exact) mass is 466 g/mol. The van der Waals surface area contributed by atoms with Gasteiger partial charge in [0.2, 0.25) is 0 Å². The molecule has 0 fully saturated rings. The Kier molecular flexibility index (Phi) is 7.84. The average Bonchev–Trinajstić information content (AvgIpc) is 2.62. The zero-order valence-corrected chi connectivity index (χ0v) is 18.5. The Balaban J connectivity index is 2.47. The summed E-state index contributed by atoms with van der Waals surface area (Å²) in [7, 11) is -1.68. The van der Waals surface area contributed by atoms with E-state index in [1.54, 1.807) is 19.4 Å². The Bertz CT molecular complexity index is 971. The zero-order chi connectivity index (χ0) is 20.7. The normalized spacial score (nSPS) is 12.2. The number of hydrogen-bond acceptors (Lipinski definition) is 6. The Hall–Kier alpha value is -2.11. The van der Waals surface area contributed by atoms with Gasteiger partial charge in [-0.3, -0.25) is 4.98 Å². The lowest BCUT2D eigenvalue weighted by Crippen LogP contribution is -2.17. The van der Waals surface area contributed by atoms with E-state index in [-0.39, 0.29) is 18.1 Å². The van der Waals surface area contributed by atoms with Crippen molar-refractivity contribution in [2.75, 3.05) is 25.7 Å². The highest BCUT2D eigenvalue weighted by Gasteiger charge is 2.22. The molecule has 0 bridgehead atoms. The van der Waals surface area contributed by atoms with E-state index in [0.29, 0.717) is 30.2 Å². The van der Waals surface area contributed by atoms with Gasteiger partial charge in [-0.25, -0.2) is 8.42 Å². The molecule has 0 spiro atoms. The van der Waals surface area contributed by atoms with Crippen molar-refractivity contribution in [3.05, 3.63) is 51.8 Å². The van der Waals surface area contributed by atoms with E-state index in [2.05, 4.69) is 27.0 Å². The van der Waals surface area contributed by atoms with E-state index in [9.17, 15) is 8.42 Å². The van der Waals surface area contributed by atoms with Crippen LogP contribution in [0.25, 0.3) is 0 Å². The van der Waals surface area contributed by atoms with E-state index < -0.39 is 9.84 Å². The Morgan fingerprint density at radius 1 is 1.29 bits per heavy atom. The molecule has 1 unspecified atom stereocenters. The minimum Gasteiger partial charge on any atom is -0.493 e. The first-order valence-electron chi connectivity index (χ1n) is 8.76. The van der Waals surface area contributed by atoms with Crippen LogP contribution in [0.5, 0.6) is 11.5 Å². The van der Waals surface area contributed by atoms with Crippen molar-refractivity contribution in [1.29, 1.82) is 5.26 Å². The van der Waals surface area contributed by atoms with Crippen molar-refractivity contribution in [3.63, 3.8) is 0 Å². The number of ether oxygens (including phenoxy) is 2. The molecule has 6 nitrogen and oxygen atoms in total. The number of sulfone groups is 1. The van der Waals surface area contributed by atoms with E-state index >= 15 is 0 Å². The molecule has 28 heavy (non-hydrogen) atoms. The zero-order valence-electron chi connectivity index (χ0n) is 16.1. The lowest BCUT2D eigenvalue weighted by atomic mass is 9.93. The fraction of sp³-hybridized carbons (Fsp3) is 0.400. The SMILES string of the molecule is CCOc1cc(C(Cc2ncc(Br)cc2CC#N)CS(C)(=O)=O)ccc1OC. The van der Waals surface area contributed by atoms with Crippen LogP contribution in [0.15, 0.2) is 34.9 Å². The number of nitrogens with zero attached hydrogens (tertiary/aromatic N) is 2. The minimum atomic E-state index is -3.24. The molecule has 0 saturated heterocycles. The molecule has 0 saturated carbocycles. The maximum atomic E-state index is 12.1. The van der Waals surface area contributed by atoms with E-state index in [4.69, 9.17) is 14.7 Å². The molecule has 1 aromatic heterocycles. The second-order valence-corrected chi connectivity index (χ2v) is 9.53. The number of pyridine rings is 1. The summed E-state index contributed by atoms with van der Waals surface area (Å²) in [5.74, 6) is 0.804. The summed E-state index contributed by atoms with van der Waals surface area (Å²) >= 11 is 3.37. The maximum absolute atomic E-state index is 12.1. The largest absolute Gasteiger partial charge is 0.493 e. The van der Waals surface area contributed by atoms with Crippen LogP contribution >= 0.6 is 15.9 Å². The van der Waals surface area contributed by atoms with Crippen molar-refractivity contribution in [3.8, 4) is 17.6 Å². The van der Waals surface area contributed by atoms with Gasteiger partial charge in [-0.2, -0.15) is 5.26 Å². The predicted molar refractivity (Wildman–Crippen MR) is 112 cm³/mol. The molecule has 1 heterocycles. The fourth-order valence-corrected chi connectivity index (χ4v) is 4.44. The van der Waals surface area contributed by atoms with Crippen molar-refractivity contribution in [2.24, 2.45) is 0 Å². The number of hydrogen-bond donors (Lipinski definition) is 0. The van der Waals surface area contributed by atoms with Crippen molar-refractivity contribution >= 4 is 25.8 Å². The summed E-state index contributed by atoms with van der Waals surface area (Å²) in [6.45, 7) is 2.34. The smallest absolute Gasteiger partial charge is 0.161 e. The summed E-state index contributed by atoms with van der Waals surface area (Å²) in [5.41, 5.74) is 2.32. The van der Waals surface area contributed by atoms with E-state index in [0.717, 1.165) is 15.6 Å².